The van der Waals surface area contributed by atoms with Gasteiger partial charge in [-0.1, -0.05) is 17.4 Å². The first-order chi connectivity index (χ1) is 10.0. The van der Waals surface area contributed by atoms with Crippen LogP contribution in [0.2, 0.25) is 0 Å². The number of carbonyl (C=O) groups excluding carboxylic acids is 1. The number of aromatic nitrogens is 1. The molecule has 4 nitrogen and oxygen atoms in total. The van der Waals surface area contributed by atoms with Crippen molar-refractivity contribution in [1.29, 1.82) is 0 Å². The highest BCUT2D eigenvalue weighted by Crippen LogP contribution is 2.28. The summed E-state index contributed by atoms with van der Waals surface area (Å²) in [6.07, 6.45) is 0. The molecule has 0 saturated carbocycles. The SMILES string of the molecule is Nc1ccc2nc(NC(=O)c3cccc(F)c3Br)sc2c1. The Hall–Kier alpha value is -1.99. The Morgan fingerprint density at radius 2 is 2.14 bits per heavy atom. The molecule has 0 aliphatic heterocycles. The van der Waals surface area contributed by atoms with Crippen molar-refractivity contribution in [3.8, 4) is 0 Å². The van der Waals surface area contributed by atoms with Gasteiger partial charge in [0.25, 0.3) is 5.91 Å². The van der Waals surface area contributed by atoms with Crippen LogP contribution in [-0.2, 0) is 0 Å². The molecule has 3 aromatic rings. The lowest BCUT2D eigenvalue weighted by molar-refractivity contribution is 0.102. The molecule has 0 aliphatic rings. The maximum absolute atomic E-state index is 13.4. The van der Waals surface area contributed by atoms with Crippen LogP contribution in [0.4, 0.5) is 15.2 Å². The van der Waals surface area contributed by atoms with Crippen LogP contribution in [0.15, 0.2) is 40.9 Å². The Morgan fingerprint density at radius 3 is 2.95 bits per heavy atom. The van der Waals surface area contributed by atoms with E-state index in [1.807, 2.05) is 0 Å². The summed E-state index contributed by atoms with van der Waals surface area (Å²) >= 11 is 4.38. The first-order valence-corrected chi connectivity index (χ1v) is 7.57. The van der Waals surface area contributed by atoms with Gasteiger partial charge >= 0.3 is 0 Å². The Morgan fingerprint density at radius 1 is 1.33 bits per heavy atom. The minimum atomic E-state index is -0.486. The van der Waals surface area contributed by atoms with Crippen molar-refractivity contribution in [2.75, 3.05) is 11.1 Å². The normalized spacial score (nSPS) is 10.8. The molecule has 1 aromatic heterocycles. The van der Waals surface area contributed by atoms with Crippen LogP contribution in [-0.4, -0.2) is 10.9 Å². The molecule has 0 fully saturated rings. The summed E-state index contributed by atoms with van der Waals surface area (Å²) in [5, 5.41) is 3.11. The molecule has 0 atom stereocenters. The van der Waals surface area contributed by atoms with Crippen LogP contribution in [0, 0.1) is 5.82 Å². The van der Waals surface area contributed by atoms with Crippen LogP contribution in [0.1, 0.15) is 10.4 Å². The summed E-state index contributed by atoms with van der Waals surface area (Å²) in [7, 11) is 0. The topological polar surface area (TPSA) is 68.0 Å². The third-order valence-electron chi connectivity index (χ3n) is 2.83. The van der Waals surface area contributed by atoms with Gasteiger partial charge in [-0.2, -0.15) is 0 Å². The predicted molar refractivity (Wildman–Crippen MR) is 86.1 cm³/mol. The van der Waals surface area contributed by atoms with Gasteiger partial charge in [0.2, 0.25) is 0 Å². The van der Waals surface area contributed by atoms with E-state index in [9.17, 15) is 9.18 Å². The number of thiazole rings is 1. The molecule has 3 rings (SSSR count). The lowest BCUT2D eigenvalue weighted by Gasteiger charge is -2.04. The van der Waals surface area contributed by atoms with Crippen LogP contribution in [0.25, 0.3) is 10.2 Å². The standard InChI is InChI=1S/C14H9BrFN3OS/c15-12-8(2-1-3-9(12)16)13(20)19-14-18-10-5-4-7(17)6-11(10)21-14/h1-6H,17H2,(H,18,19,20). The molecule has 0 unspecified atom stereocenters. The lowest BCUT2D eigenvalue weighted by Crippen LogP contribution is -2.12. The molecule has 1 amide bonds. The van der Waals surface area contributed by atoms with E-state index in [1.54, 1.807) is 18.2 Å². The number of benzene rings is 2. The summed E-state index contributed by atoms with van der Waals surface area (Å²) in [4.78, 5) is 16.5. The average molecular weight is 366 g/mol. The van der Waals surface area contributed by atoms with Crippen molar-refractivity contribution in [2.45, 2.75) is 0 Å². The Bertz CT molecular complexity index is 849. The zero-order chi connectivity index (χ0) is 15.0. The number of nitrogens with two attached hydrogens (primary N) is 1. The number of halogens is 2. The van der Waals surface area contributed by atoms with Crippen molar-refractivity contribution in [3.63, 3.8) is 0 Å². The van der Waals surface area contributed by atoms with Gasteiger partial charge in [0.15, 0.2) is 5.13 Å². The molecule has 106 valence electrons. The maximum Gasteiger partial charge on any atom is 0.258 e. The second-order valence-electron chi connectivity index (χ2n) is 4.30. The molecule has 0 radical (unpaired) electrons. The second kappa shape index (κ2) is 5.42. The van der Waals surface area contributed by atoms with Crippen molar-refractivity contribution in [1.82, 2.24) is 4.98 Å². The molecule has 0 aliphatic carbocycles. The minimum absolute atomic E-state index is 0.132. The number of rotatable bonds is 2. The van der Waals surface area contributed by atoms with Gasteiger partial charge < -0.3 is 5.73 Å². The molecule has 0 saturated heterocycles. The zero-order valence-electron chi connectivity index (χ0n) is 10.6. The fraction of sp³-hybridized carbons (Fsp3) is 0. The Labute approximate surface area is 131 Å². The third-order valence-corrected chi connectivity index (χ3v) is 4.57. The van der Waals surface area contributed by atoms with Gasteiger partial charge in [-0.3, -0.25) is 10.1 Å². The number of nitrogens with one attached hydrogen (secondary N) is 1. The molecule has 0 spiro atoms. The van der Waals surface area contributed by atoms with Gasteiger partial charge in [0.1, 0.15) is 5.82 Å². The number of nitrogen functional groups attached to an aromatic ring is 1. The number of hydrogen-bond acceptors (Lipinski definition) is 4. The number of anilines is 2. The summed E-state index contributed by atoms with van der Waals surface area (Å²) in [6, 6.07) is 9.62. The summed E-state index contributed by atoms with van der Waals surface area (Å²) in [5.41, 5.74) is 7.31. The predicted octanol–water partition coefficient (Wildman–Crippen LogP) is 4.03. The van der Waals surface area contributed by atoms with Gasteiger partial charge in [-0.05, 0) is 46.3 Å². The maximum atomic E-state index is 13.4. The quantitative estimate of drug-likeness (QED) is 0.673. The molecule has 3 N–H and O–H groups in total. The molecule has 2 aromatic carbocycles. The van der Waals surface area contributed by atoms with E-state index >= 15 is 0 Å². The summed E-state index contributed by atoms with van der Waals surface area (Å²) < 4.78 is 14.4. The van der Waals surface area contributed by atoms with E-state index < -0.39 is 11.7 Å². The molecule has 7 heteroatoms. The van der Waals surface area contributed by atoms with Gasteiger partial charge in [-0.15, -0.1) is 0 Å². The van der Waals surface area contributed by atoms with Gasteiger partial charge in [-0.25, -0.2) is 9.37 Å². The minimum Gasteiger partial charge on any atom is -0.399 e. The van der Waals surface area contributed by atoms with E-state index in [0.29, 0.717) is 10.8 Å². The molecule has 0 bridgehead atoms. The second-order valence-corrected chi connectivity index (χ2v) is 6.13. The lowest BCUT2D eigenvalue weighted by atomic mass is 10.2. The van der Waals surface area contributed by atoms with E-state index in [4.69, 9.17) is 5.73 Å². The monoisotopic (exact) mass is 365 g/mol. The van der Waals surface area contributed by atoms with Crippen LogP contribution < -0.4 is 11.1 Å². The first kappa shape index (κ1) is 14.0. The van der Waals surface area contributed by atoms with E-state index in [-0.39, 0.29) is 10.0 Å². The molecule has 21 heavy (non-hydrogen) atoms. The van der Waals surface area contributed by atoms with E-state index in [1.165, 1.54) is 29.5 Å². The average Bonchev–Trinajstić information content (AvgIpc) is 2.83. The Kier molecular flexibility index (Phi) is 3.60. The summed E-state index contributed by atoms with van der Waals surface area (Å²) in [6.45, 7) is 0. The highest BCUT2D eigenvalue weighted by molar-refractivity contribution is 9.10. The largest absolute Gasteiger partial charge is 0.399 e. The van der Waals surface area contributed by atoms with Crippen LogP contribution in [0.3, 0.4) is 0 Å². The zero-order valence-corrected chi connectivity index (χ0v) is 13.0. The highest BCUT2D eigenvalue weighted by Gasteiger charge is 2.15. The van der Waals surface area contributed by atoms with Crippen molar-refractivity contribution in [3.05, 3.63) is 52.3 Å². The molecule has 1 heterocycles. The fourth-order valence-corrected chi connectivity index (χ4v) is 3.19. The first-order valence-electron chi connectivity index (χ1n) is 5.96. The Balaban J connectivity index is 1.91. The highest BCUT2D eigenvalue weighted by atomic mass is 79.9. The van der Waals surface area contributed by atoms with Crippen molar-refractivity contribution in [2.24, 2.45) is 0 Å². The van der Waals surface area contributed by atoms with E-state index in [0.717, 1.165) is 10.2 Å². The van der Waals surface area contributed by atoms with Gasteiger partial charge in [0, 0.05) is 5.69 Å². The smallest absolute Gasteiger partial charge is 0.258 e. The third kappa shape index (κ3) is 2.74. The number of carbonyl (C=O) groups is 1. The van der Waals surface area contributed by atoms with Crippen molar-refractivity contribution >= 4 is 54.2 Å². The summed E-state index contributed by atoms with van der Waals surface area (Å²) in [5.74, 6) is -0.909. The van der Waals surface area contributed by atoms with Crippen LogP contribution >= 0.6 is 27.3 Å². The van der Waals surface area contributed by atoms with Gasteiger partial charge in [0.05, 0.1) is 20.3 Å². The number of hydrogen-bond donors (Lipinski definition) is 2. The van der Waals surface area contributed by atoms with Crippen LogP contribution in [0.5, 0.6) is 0 Å². The number of fused-ring (bicyclic) bond motifs is 1. The van der Waals surface area contributed by atoms with Crippen molar-refractivity contribution < 1.29 is 9.18 Å². The number of nitrogens with zero attached hydrogens (tertiary/aromatic N) is 1. The molecular formula is C14H9BrFN3OS. The fourth-order valence-electron chi connectivity index (χ4n) is 1.84. The molecular weight excluding hydrogens is 357 g/mol. The van der Waals surface area contributed by atoms with E-state index in [2.05, 4.69) is 26.2 Å². The number of amides is 1.